The Bertz CT molecular complexity index is 570. The van der Waals surface area contributed by atoms with Gasteiger partial charge in [-0.05, 0) is 17.7 Å². The number of benzene rings is 2. The van der Waals surface area contributed by atoms with Crippen LogP contribution in [0, 0.1) is 0 Å². The lowest BCUT2D eigenvalue weighted by molar-refractivity contribution is -0.114. The minimum atomic E-state index is -0.207. The van der Waals surface area contributed by atoms with Crippen molar-refractivity contribution in [1.82, 2.24) is 0 Å². The Labute approximate surface area is 118 Å². The minimum Gasteiger partial charge on any atom is -0.489 e. The molecule has 0 spiro atoms. The molecular formula is C16H18N2O2. The van der Waals surface area contributed by atoms with Gasteiger partial charge in [0.1, 0.15) is 12.4 Å². The van der Waals surface area contributed by atoms with Gasteiger partial charge in [-0.25, -0.2) is 0 Å². The second kappa shape index (κ2) is 6.73. The molecule has 0 aromatic heterocycles. The van der Waals surface area contributed by atoms with Crippen LogP contribution >= 0.6 is 0 Å². The van der Waals surface area contributed by atoms with Crippen LogP contribution < -0.4 is 15.8 Å². The van der Waals surface area contributed by atoms with Gasteiger partial charge >= 0.3 is 0 Å². The van der Waals surface area contributed by atoms with E-state index < -0.39 is 0 Å². The first-order valence-electron chi connectivity index (χ1n) is 6.47. The van der Waals surface area contributed by atoms with E-state index in [1.165, 1.54) is 6.92 Å². The Hall–Kier alpha value is -2.33. The fourth-order valence-corrected chi connectivity index (χ4v) is 1.86. The summed E-state index contributed by atoms with van der Waals surface area (Å²) in [5.74, 6) is 0.488. The normalized spacial score (nSPS) is 11.7. The molecule has 0 aliphatic carbocycles. The predicted octanol–water partition coefficient (Wildman–Crippen LogP) is 2.72. The van der Waals surface area contributed by atoms with Crippen molar-refractivity contribution in [3.05, 3.63) is 60.2 Å². The molecule has 0 aliphatic heterocycles. The lowest BCUT2D eigenvalue weighted by atomic mass is 10.1. The fourth-order valence-electron chi connectivity index (χ4n) is 1.86. The van der Waals surface area contributed by atoms with Crippen LogP contribution in [0.25, 0.3) is 0 Å². The average Bonchev–Trinajstić information content (AvgIpc) is 2.46. The van der Waals surface area contributed by atoms with E-state index in [4.69, 9.17) is 10.5 Å². The zero-order valence-corrected chi connectivity index (χ0v) is 11.4. The summed E-state index contributed by atoms with van der Waals surface area (Å²) in [5.41, 5.74) is 7.75. The van der Waals surface area contributed by atoms with E-state index in [9.17, 15) is 4.79 Å². The SMILES string of the molecule is CC(=O)Nc1ccccc1OCC(N)c1ccccc1. The first kappa shape index (κ1) is 14.1. The van der Waals surface area contributed by atoms with Crippen molar-refractivity contribution in [3.63, 3.8) is 0 Å². The number of carbonyl (C=O) groups excluding carboxylic acids is 1. The van der Waals surface area contributed by atoms with E-state index in [1.807, 2.05) is 48.5 Å². The molecule has 0 radical (unpaired) electrons. The molecule has 1 atom stereocenters. The lowest BCUT2D eigenvalue weighted by Gasteiger charge is -2.16. The number of carbonyl (C=O) groups is 1. The van der Waals surface area contributed by atoms with Crippen LogP contribution in [0.4, 0.5) is 5.69 Å². The highest BCUT2D eigenvalue weighted by Crippen LogP contribution is 2.24. The van der Waals surface area contributed by atoms with Crippen LogP contribution in [0.1, 0.15) is 18.5 Å². The first-order valence-corrected chi connectivity index (χ1v) is 6.47. The Kier molecular flexibility index (Phi) is 4.74. The van der Waals surface area contributed by atoms with Gasteiger partial charge in [0, 0.05) is 6.92 Å². The van der Waals surface area contributed by atoms with Crippen LogP contribution in [0.15, 0.2) is 54.6 Å². The van der Waals surface area contributed by atoms with Crippen LogP contribution in [0.2, 0.25) is 0 Å². The van der Waals surface area contributed by atoms with E-state index in [1.54, 1.807) is 6.07 Å². The monoisotopic (exact) mass is 270 g/mol. The number of hydrogen-bond acceptors (Lipinski definition) is 3. The van der Waals surface area contributed by atoms with Gasteiger partial charge in [0.05, 0.1) is 11.7 Å². The molecule has 1 unspecified atom stereocenters. The van der Waals surface area contributed by atoms with Gasteiger partial charge in [-0.15, -0.1) is 0 Å². The molecule has 20 heavy (non-hydrogen) atoms. The van der Waals surface area contributed by atoms with E-state index in [2.05, 4.69) is 5.32 Å². The third-order valence-electron chi connectivity index (χ3n) is 2.84. The highest BCUT2D eigenvalue weighted by molar-refractivity contribution is 5.90. The number of ether oxygens (including phenoxy) is 1. The fraction of sp³-hybridized carbons (Fsp3) is 0.188. The summed E-state index contributed by atoms with van der Waals surface area (Å²) in [6.07, 6.45) is 0. The van der Waals surface area contributed by atoms with Gasteiger partial charge in [0.25, 0.3) is 0 Å². The van der Waals surface area contributed by atoms with Crippen molar-refractivity contribution in [2.75, 3.05) is 11.9 Å². The van der Waals surface area contributed by atoms with Crippen LogP contribution in [0.3, 0.4) is 0 Å². The van der Waals surface area contributed by atoms with Gasteiger partial charge in [0.2, 0.25) is 5.91 Å². The summed E-state index contributed by atoms with van der Waals surface area (Å²) in [6.45, 7) is 1.81. The standard InChI is InChI=1S/C16H18N2O2/c1-12(19)18-15-9-5-6-10-16(15)20-11-14(17)13-7-3-2-4-8-13/h2-10,14H,11,17H2,1H3,(H,18,19). The molecule has 2 rings (SSSR count). The van der Waals surface area contributed by atoms with Crippen LogP contribution in [-0.4, -0.2) is 12.5 Å². The number of nitrogens with two attached hydrogens (primary N) is 1. The number of amides is 1. The Morgan fingerprint density at radius 2 is 1.80 bits per heavy atom. The van der Waals surface area contributed by atoms with Crippen molar-refractivity contribution in [2.45, 2.75) is 13.0 Å². The molecule has 1 amide bonds. The maximum absolute atomic E-state index is 11.1. The zero-order valence-electron chi connectivity index (χ0n) is 11.4. The number of nitrogens with one attached hydrogen (secondary N) is 1. The summed E-state index contributed by atoms with van der Waals surface area (Å²) < 4.78 is 5.71. The predicted molar refractivity (Wildman–Crippen MR) is 79.6 cm³/mol. The topological polar surface area (TPSA) is 64.3 Å². The average molecular weight is 270 g/mol. The van der Waals surface area contributed by atoms with Crippen molar-refractivity contribution >= 4 is 11.6 Å². The number of anilines is 1. The third-order valence-corrected chi connectivity index (χ3v) is 2.84. The second-order valence-corrected chi connectivity index (χ2v) is 4.51. The van der Waals surface area contributed by atoms with Crippen molar-refractivity contribution in [1.29, 1.82) is 0 Å². The highest BCUT2D eigenvalue weighted by atomic mass is 16.5. The molecule has 0 heterocycles. The largest absolute Gasteiger partial charge is 0.489 e. The van der Waals surface area contributed by atoms with Crippen molar-refractivity contribution in [3.8, 4) is 5.75 Å². The molecule has 4 nitrogen and oxygen atoms in total. The van der Waals surface area contributed by atoms with Crippen LogP contribution in [-0.2, 0) is 4.79 Å². The quantitative estimate of drug-likeness (QED) is 0.878. The molecule has 0 aliphatic rings. The molecule has 4 heteroatoms. The molecule has 0 bridgehead atoms. The second-order valence-electron chi connectivity index (χ2n) is 4.51. The van der Waals surface area contributed by atoms with Gasteiger partial charge in [-0.1, -0.05) is 42.5 Å². The summed E-state index contributed by atoms with van der Waals surface area (Å²) in [5, 5.41) is 2.73. The molecule has 2 aromatic carbocycles. The molecule has 0 fully saturated rings. The molecule has 0 saturated carbocycles. The molecule has 2 aromatic rings. The number of hydrogen-bond donors (Lipinski definition) is 2. The van der Waals surface area contributed by atoms with Gasteiger partial charge in [-0.3, -0.25) is 4.79 Å². The van der Waals surface area contributed by atoms with E-state index in [-0.39, 0.29) is 11.9 Å². The smallest absolute Gasteiger partial charge is 0.221 e. The minimum absolute atomic E-state index is 0.131. The van der Waals surface area contributed by atoms with Gasteiger partial charge in [0.15, 0.2) is 0 Å². The first-order chi connectivity index (χ1) is 9.66. The molecular weight excluding hydrogens is 252 g/mol. The third kappa shape index (κ3) is 3.83. The molecule has 0 saturated heterocycles. The van der Waals surface area contributed by atoms with Gasteiger partial charge in [-0.2, -0.15) is 0 Å². The number of para-hydroxylation sites is 2. The summed E-state index contributed by atoms with van der Waals surface area (Å²) in [6, 6.07) is 16.9. The van der Waals surface area contributed by atoms with E-state index >= 15 is 0 Å². The summed E-state index contributed by atoms with van der Waals surface area (Å²) in [4.78, 5) is 11.1. The molecule has 104 valence electrons. The number of rotatable bonds is 5. The molecule has 3 N–H and O–H groups in total. The summed E-state index contributed by atoms with van der Waals surface area (Å²) in [7, 11) is 0. The maximum atomic E-state index is 11.1. The Morgan fingerprint density at radius 1 is 1.15 bits per heavy atom. The zero-order chi connectivity index (χ0) is 14.4. The lowest BCUT2D eigenvalue weighted by Crippen LogP contribution is -2.19. The van der Waals surface area contributed by atoms with Gasteiger partial charge < -0.3 is 15.8 Å². The van der Waals surface area contributed by atoms with E-state index in [0.717, 1.165) is 5.56 Å². The summed E-state index contributed by atoms with van der Waals surface area (Å²) >= 11 is 0. The maximum Gasteiger partial charge on any atom is 0.221 e. The Morgan fingerprint density at radius 3 is 2.50 bits per heavy atom. The van der Waals surface area contributed by atoms with E-state index in [0.29, 0.717) is 18.0 Å². The highest BCUT2D eigenvalue weighted by Gasteiger charge is 2.09. The van der Waals surface area contributed by atoms with Crippen molar-refractivity contribution < 1.29 is 9.53 Å². The Balaban J connectivity index is 2.02. The van der Waals surface area contributed by atoms with Crippen molar-refractivity contribution in [2.24, 2.45) is 5.73 Å². The van der Waals surface area contributed by atoms with Crippen LogP contribution in [0.5, 0.6) is 5.75 Å².